The third-order valence-corrected chi connectivity index (χ3v) is 3.04. The van der Waals surface area contributed by atoms with E-state index in [1.165, 1.54) is 0 Å². The Morgan fingerprint density at radius 2 is 1.67 bits per heavy atom. The van der Waals surface area contributed by atoms with Crippen LogP contribution in [0.15, 0.2) is 0 Å². The van der Waals surface area contributed by atoms with Gasteiger partial charge in [-0.15, -0.1) is 11.6 Å². The molecule has 0 atom stereocenters. The number of hydrogen-bond donors (Lipinski definition) is 0. The fourth-order valence-electron chi connectivity index (χ4n) is 1.46. The average molecular weight is 193 g/mol. The van der Waals surface area contributed by atoms with E-state index in [0.717, 1.165) is 6.42 Å². The van der Waals surface area contributed by atoms with Crippen LogP contribution in [-0.2, 0) is 14.2 Å². The summed E-state index contributed by atoms with van der Waals surface area (Å²) in [5.74, 6) is -0.689. The molecule has 0 unspecified atom stereocenters. The van der Waals surface area contributed by atoms with Gasteiger partial charge in [-0.2, -0.15) is 0 Å². The monoisotopic (exact) mass is 192 g/mol. The number of alkyl halides is 1. The molecule has 0 spiro atoms. The van der Waals surface area contributed by atoms with Crippen LogP contribution >= 0.6 is 11.6 Å². The first kappa shape index (κ1) is 8.75. The molecule has 0 aliphatic carbocycles. The van der Waals surface area contributed by atoms with Crippen LogP contribution in [0.3, 0.4) is 0 Å². The lowest BCUT2D eigenvalue weighted by atomic mass is 9.86. The molecule has 3 nitrogen and oxygen atoms in total. The first-order valence-electron chi connectivity index (χ1n) is 4.22. The minimum atomic E-state index is -0.932. The number of hydrogen-bond acceptors (Lipinski definition) is 3. The number of halogens is 1. The molecule has 3 saturated heterocycles. The van der Waals surface area contributed by atoms with Crippen LogP contribution in [-0.4, -0.2) is 31.7 Å². The summed E-state index contributed by atoms with van der Waals surface area (Å²) in [6, 6.07) is 0. The van der Waals surface area contributed by atoms with Crippen molar-refractivity contribution in [2.75, 3.05) is 25.7 Å². The van der Waals surface area contributed by atoms with E-state index in [2.05, 4.69) is 6.92 Å². The smallest absolute Gasteiger partial charge is 0.297 e. The average Bonchev–Trinajstić information content (AvgIpc) is 2.21. The van der Waals surface area contributed by atoms with E-state index in [4.69, 9.17) is 25.8 Å². The fraction of sp³-hybridized carbons (Fsp3) is 1.00. The zero-order valence-corrected chi connectivity index (χ0v) is 7.89. The van der Waals surface area contributed by atoms with Gasteiger partial charge in [-0.3, -0.25) is 0 Å². The molecule has 0 amide bonds. The summed E-state index contributed by atoms with van der Waals surface area (Å²) in [5, 5.41) is 0. The zero-order chi connectivity index (χ0) is 8.66. The molecule has 3 aliphatic heterocycles. The van der Waals surface area contributed by atoms with Crippen molar-refractivity contribution < 1.29 is 14.2 Å². The van der Waals surface area contributed by atoms with Gasteiger partial charge in [0.05, 0.1) is 19.8 Å². The Balaban J connectivity index is 2.09. The molecule has 0 aromatic rings. The van der Waals surface area contributed by atoms with Gasteiger partial charge in [0, 0.05) is 5.41 Å². The number of ether oxygens (including phenoxy) is 3. The summed E-state index contributed by atoms with van der Waals surface area (Å²) >= 11 is 5.68. The molecular formula is C8H13ClO3. The van der Waals surface area contributed by atoms with E-state index >= 15 is 0 Å². The molecule has 0 saturated carbocycles. The van der Waals surface area contributed by atoms with Gasteiger partial charge in [0.25, 0.3) is 5.97 Å². The Morgan fingerprint density at radius 1 is 1.17 bits per heavy atom. The van der Waals surface area contributed by atoms with Crippen molar-refractivity contribution in [2.24, 2.45) is 5.41 Å². The van der Waals surface area contributed by atoms with Crippen LogP contribution in [0, 0.1) is 5.41 Å². The molecule has 3 aliphatic rings. The lowest BCUT2D eigenvalue weighted by Crippen LogP contribution is -2.60. The molecule has 0 aromatic heterocycles. The van der Waals surface area contributed by atoms with E-state index in [9.17, 15) is 0 Å². The van der Waals surface area contributed by atoms with Gasteiger partial charge < -0.3 is 14.2 Å². The predicted molar refractivity (Wildman–Crippen MR) is 44.0 cm³/mol. The lowest BCUT2D eigenvalue weighted by molar-refractivity contribution is -0.457. The topological polar surface area (TPSA) is 27.7 Å². The molecule has 0 radical (unpaired) electrons. The summed E-state index contributed by atoms with van der Waals surface area (Å²) in [4.78, 5) is 0. The Kier molecular flexibility index (Phi) is 2.07. The fourth-order valence-corrected chi connectivity index (χ4v) is 1.69. The van der Waals surface area contributed by atoms with E-state index in [0.29, 0.717) is 19.8 Å². The SMILES string of the molecule is CCC12COC(CCl)(OC1)OC2. The van der Waals surface area contributed by atoms with Crippen LogP contribution in [0.2, 0.25) is 0 Å². The van der Waals surface area contributed by atoms with Gasteiger partial charge in [0.1, 0.15) is 5.88 Å². The second kappa shape index (κ2) is 2.84. The van der Waals surface area contributed by atoms with Crippen LogP contribution in [0.4, 0.5) is 0 Å². The van der Waals surface area contributed by atoms with Gasteiger partial charge in [0.15, 0.2) is 0 Å². The Labute approximate surface area is 76.9 Å². The molecule has 3 rings (SSSR count). The van der Waals surface area contributed by atoms with E-state index in [-0.39, 0.29) is 11.3 Å². The van der Waals surface area contributed by atoms with Crippen LogP contribution < -0.4 is 0 Å². The molecule has 12 heavy (non-hydrogen) atoms. The third kappa shape index (κ3) is 1.16. The summed E-state index contributed by atoms with van der Waals surface area (Å²) < 4.78 is 16.3. The summed E-state index contributed by atoms with van der Waals surface area (Å²) in [6.45, 7) is 4.23. The van der Waals surface area contributed by atoms with E-state index < -0.39 is 5.97 Å². The Morgan fingerprint density at radius 3 is 2.00 bits per heavy atom. The maximum Gasteiger partial charge on any atom is 0.297 e. The van der Waals surface area contributed by atoms with Crippen molar-refractivity contribution in [2.45, 2.75) is 19.3 Å². The molecule has 3 fully saturated rings. The lowest BCUT2D eigenvalue weighted by Gasteiger charge is -2.50. The van der Waals surface area contributed by atoms with Crippen molar-refractivity contribution in [1.29, 1.82) is 0 Å². The molecule has 70 valence electrons. The highest BCUT2D eigenvalue weighted by Crippen LogP contribution is 2.40. The van der Waals surface area contributed by atoms with Crippen LogP contribution in [0.25, 0.3) is 0 Å². The predicted octanol–water partition coefficient (Wildman–Crippen LogP) is 1.35. The number of rotatable bonds is 2. The van der Waals surface area contributed by atoms with Gasteiger partial charge in [0.2, 0.25) is 0 Å². The summed E-state index contributed by atoms with van der Waals surface area (Å²) in [6.07, 6.45) is 1.02. The minimum absolute atomic E-state index is 0.0772. The molecule has 4 heteroatoms. The summed E-state index contributed by atoms with van der Waals surface area (Å²) in [5.41, 5.74) is 0.0772. The van der Waals surface area contributed by atoms with E-state index in [1.807, 2.05) is 0 Å². The molecule has 0 N–H and O–H groups in total. The van der Waals surface area contributed by atoms with Crippen molar-refractivity contribution in [3.63, 3.8) is 0 Å². The van der Waals surface area contributed by atoms with Gasteiger partial charge in [-0.25, -0.2) is 0 Å². The van der Waals surface area contributed by atoms with Gasteiger partial charge in [-0.1, -0.05) is 6.92 Å². The standard InChI is InChI=1S/C8H13ClO3/c1-2-7-4-10-8(3-9,11-5-7)12-6-7/h2-6H2,1H3. The third-order valence-electron chi connectivity index (χ3n) is 2.71. The second-order valence-electron chi connectivity index (χ2n) is 3.54. The maximum absolute atomic E-state index is 5.68. The van der Waals surface area contributed by atoms with Crippen molar-refractivity contribution >= 4 is 11.6 Å². The van der Waals surface area contributed by atoms with Gasteiger partial charge in [-0.05, 0) is 6.42 Å². The highest BCUT2D eigenvalue weighted by Gasteiger charge is 2.51. The first-order valence-corrected chi connectivity index (χ1v) is 4.76. The first-order chi connectivity index (χ1) is 5.74. The molecule has 3 heterocycles. The van der Waals surface area contributed by atoms with Crippen molar-refractivity contribution in [3.8, 4) is 0 Å². The Hall–Kier alpha value is 0.170. The Bertz CT molecular complexity index is 139. The largest absolute Gasteiger partial charge is 0.326 e. The van der Waals surface area contributed by atoms with Crippen molar-refractivity contribution in [3.05, 3.63) is 0 Å². The maximum atomic E-state index is 5.68. The molecular weight excluding hydrogens is 180 g/mol. The number of fused-ring (bicyclic) bond motifs is 3. The van der Waals surface area contributed by atoms with E-state index in [1.54, 1.807) is 0 Å². The highest BCUT2D eigenvalue weighted by molar-refractivity contribution is 6.18. The second-order valence-corrected chi connectivity index (χ2v) is 3.80. The summed E-state index contributed by atoms with van der Waals surface area (Å²) in [7, 11) is 0. The molecule has 2 bridgehead atoms. The zero-order valence-electron chi connectivity index (χ0n) is 7.14. The van der Waals surface area contributed by atoms with Crippen LogP contribution in [0.1, 0.15) is 13.3 Å². The quantitative estimate of drug-likeness (QED) is 0.619. The normalized spacial score (nSPS) is 46.5. The molecule has 0 aromatic carbocycles. The van der Waals surface area contributed by atoms with Crippen molar-refractivity contribution in [1.82, 2.24) is 0 Å². The highest BCUT2D eigenvalue weighted by atomic mass is 35.5. The van der Waals surface area contributed by atoms with Crippen LogP contribution in [0.5, 0.6) is 0 Å². The minimum Gasteiger partial charge on any atom is -0.326 e. The van der Waals surface area contributed by atoms with Gasteiger partial charge >= 0.3 is 0 Å².